The Balaban J connectivity index is 1.35. The zero-order valence-electron chi connectivity index (χ0n) is 14.4. The number of hydrogen-bond donors (Lipinski definition) is 1. The summed E-state index contributed by atoms with van der Waals surface area (Å²) in [7, 11) is 0. The van der Waals surface area contributed by atoms with Crippen LogP contribution >= 0.6 is 0 Å². The number of carbonyl (C=O) groups is 1. The molecule has 2 aromatic heterocycles. The molecule has 0 aliphatic heterocycles. The Morgan fingerprint density at radius 2 is 1.78 bits per heavy atom. The molecule has 1 amide bonds. The van der Waals surface area contributed by atoms with Crippen LogP contribution in [-0.4, -0.2) is 25.9 Å². The van der Waals surface area contributed by atoms with Crippen molar-refractivity contribution in [1.82, 2.24) is 25.3 Å². The van der Waals surface area contributed by atoms with Gasteiger partial charge < -0.3 is 9.73 Å². The molecule has 7 heteroatoms. The monoisotopic (exact) mass is 359 g/mol. The molecule has 1 N–H and O–H groups in total. The zero-order chi connectivity index (χ0) is 18.5. The van der Waals surface area contributed by atoms with E-state index in [9.17, 15) is 4.79 Å². The Bertz CT molecular complexity index is 1020. The molecule has 0 fully saturated rings. The molecule has 0 saturated heterocycles. The number of aromatic nitrogens is 4. The third kappa shape index (κ3) is 4.09. The van der Waals surface area contributed by atoms with Crippen LogP contribution in [0.5, 0.6) is 0 Å². The van der Waals surface area contributed by atoms with Gasteiger partial charge in [-0.05, 0) is 17.7 Å². The van der Waals surface area contributed by atoms with Crippen molar-refractivity contribution in [1.29, 1.82) is 0 Å². The normalized spacial score (nSPS) is 10.7. The van der Waals surface area contributed by atoms with Crippen molar-refractivity contribution in [2.45, 2.75) is 13.1 Å². The molecule has 4 rings (SSSR count). The van der Waals surface area contributed by atoms with E-state index < -0.39 is 0 Å². The van der Waals surface area contributed by atoms with Crippen LogP contribution < -0.4 is 5.32 Å². The summed E-state index contributed by atoms with van der Waals surface area (Å²) in [5.41, 5.74) is 2.85. The van der Waals surface area contributed by atoms with Crippen LogP contribution in [0.2, 0.25) is 0 Å². The second-order valence-electron chi connectivity index (χ2n) is 5.98. The number of nitrogens with one attached hydrogen (secondary N) is 1. The van der Waals surface area contributed by atoms with Crippen LogP contribution in [0, 0.1) is 0 Å². The summed E-state index contributed by atoms with van der Waals surface area (Å²) in [6.45, 7) is 0.895. The second kappa shape index (κ2) is 7.65. The minimum absolute atomic E-state index is 0.227. The standard InChI is InChI=1S/C20H17N5O2/c26-19(18-14-27-20(22-18)16-9-5-2-6-10-16)21-11-17-13-25(24-23-17)12-15-7-3-1-4-8-15/h1-10,13-14H,11-12H2,(H,21,26). The van der Waals surface area contributed by atoms with Crippen molar-refractivity contribution in [2.75, 3.05) is 0 Å². The van der Waals surface area contributed by atoms with Gasteiger partial charge in [-0.2, -0.15) is 0 Å². The molecule has 0 saturated carbocycles. The molecule has 2 heterocycles. The summed E-state index contributed by atoms with van der Waals surface area (Å²) >= 11 is 0. The van der Waals surface area contributed by atoms with Gasteiger partial charge in [0.25, 0.3) is 5.91 Å². The van der Waals surface area contributed by atoms with Gasteiger partial charge in [0.2, 0.25) is 5.89 Å². The Morgan fingerprint density at radius 3 is 2.56 bits per heavy atom. The SMILES string of the molecule is O=C(NCc1cn(Cc2ccccc2)nn1)c1coc(-c2ccccc2)n1. The third-order valence-corrected chi connectivity index (χ3v) is 3.96. The zero-order valence-corrected chi connectivity index (χ0v) is 14.4. The maximum Gasteiger partial charge on any atom is 0.273 e. The summed E-state index contributed by atoms with van der Waals surface area (Å²) in [4.78, 5) is 16.5. The van der Waals surface area contributed by atoms with E-state index in [-0.39, 0.29) is 18.1 Å². The molecule has 27 heavy (non-hydrogen) atoms. The minimum atomic E-state index is -0.321. The molecule has 0 spiro atoms. The summed E-state index contributed by atoms with van der Waals surface area (Å²) in [6.07, 6.45) is 3.16. The van der Waals surface area contributed by atoms with Gasteiger partial charge >= 0.3 is 0 Å². The highest BCUT2D eigenvalue weighted by atomic mass is 16.3. The van der Waals surface area contributed by atoms with E-state index in [0.29, 0.717) is 18.1 Å². The molecule has 2 aromatic carbocycles. The van der Waals surface area contributed by atoms with E-state index in [1.165, 1.54) is 6.26 Å². The topological polar surface area (TPSA) is 85.8 Å². The van der Waals surface area contributed by atoms with Crippen molar-refractivity contribution in [3.63, 3.8) is 0 Å². The van der Waals surface area contributed by atoms with Gasteiger partial charge in [-0.15, -0.1) is 5.10 Å². The van der Waals surface area contributed by atoms with Gasteiger partial charge in [0.05, 0.1) is 19.3 Å². The molecular formula is C20H17N5O2. The summed E-state index contributed by atoms with van der Waals surface area (Å²) in [6, 6.07) is 19.4. The van der Waals surface area contributed by atoms with Crippen molar-refractivity contribution in [3.8, 4) is 11.5 Å². The van der Waals surface area contributed by atoms with Crippen LogP contribution in [0.4, 0.5) is 0 Å². The lowest BCUT2D eigenvalue weighted by molar-refractivity contribution is 0.0945. The lowest BCUT2D eigenvalue weighted by Gasteiger charge is -2.00. The van der Waals surface area contributed by atoms with E-state index in [4.69, 9.17) is 4.42 Å². The average molecular weight is 359 g/mol. The maximum atomic E-state index is 12.3. The minimum Gasteiger partial charge on any atom is -0.444 e. The third-order valence-electron chi connectivity index (χ3n) is 3.96. The van der Waals surface area contributed by atoms with Gasteiger partial charge in [0.15, 0.2) is 5.69 Å². The van der Waals surface area contributed by atoms with Gasteiger partial charge in [0, 0.05) is 5.56 Å². The predicted molar refractivity (Wildman–Crippen MR) is 98.7 cm³/mol. The van der Waals surface area contributed by atoms with Crippen LogP contribution in [0.3, 0.4) is 0 Å². The van der Waals surface area contributed by atoms with Gasteiger partial charge in [0.1, 0.15) is 12.0 Å². The first-order chi connectivity index (χ1) is 13.3. The number of benzene rings is 2. The molecule has 4 aromatic rings. The molecule has 0 bridgehead atoms. The molecule has 0 radical (unpaired) electrons. The van der Waals surface area contributed by atoms with Gasteiger partial charge in [-0.25, -0.2) is 9.67 Å². The van der Waals surface area contributed by atoms with E-state index in [0.717, 1.165) is 11.1 Å². The first kappa shape index (κ1) is 16.7. The van der Waals surface area contributed by atoms with E-state index in [2.05, 4.69) is 20.6 Å². The van der Waals surface area contributed by atoms with E-state index in [1.807, 2.05) is 66.9 Å². The first-order valence-electron chi connectivity index (χ1n) is 8.50. The largest absolute Gasteiger partial charge is 0.444 e. The fourth-order valence-electron chi connectivity index (χ4n) is 2.62. The highest BCUT2D eigenvalue weighted by molar-refractivity contribution is 5.92. The number of oxazole rings is 1. The number of amides is 1. The average Bonchev–Trinajstić information content (AvgIpc) is 3.37. The quantitative estimate of drug-likeness (QED) is 0.572. The number of rotatable bonds is 6. The summed E-state index contributed by atoms with van der Waals surface area (Å²) in [5.74, 6) is 0.0908. The van der Waals surface area contributed by atoms with E-state index in [1.54, 1.807) is 4.68 Å². The number of hydrogen-bond acceptors (Lipinski definition) is 5. The van der Waals surface area contributed by atoms with Crippen molar-refractivity contribution < 1.29 is 9.21 Å². The predicted octanol–water partition coefficient (Wildman–Crippen LogP) is 2.91. The van der Waals surface area contributed by atoms with Gasteiger partial charge in [-0.3, -0.25) is 4.79 Å². The fraction of sp³-hybridized carbons (Fsp3) is 0.100. The molecule has 0 atom stereocenters. The highest BCUT2D eigenvalue weighted by Gasteiger charge is 2.13. The molecule has 7 nitrogen and oxygen atoms in total. The Hall–Kier alpha value is -3.74. The number of carbonyl (C=O) groups excluding carboxylic acids is 1. The van der Waals surface area contributed by atoms with E-state index >= 15 is 0 Å². The molecule has 0 aliphatic rings. The Morgan fingerprint density at radius 1 is 1.04 bits per heavy atom. The van der Waals surface area contributed by atoms with Crippen LogP contribution in [0.25, 0.3) is 11.5 Å². The lowest BCUT2D eigenvalue weighted by Crippen LogP contribution is -2.23. The lowest BCUT2D eigenvalue weighted by atomic mass is 10.2. The highest BCUT2D eigenvalue weighted by Crippen LogP contribution is 2.17. The molecular weight excluding hydrogens is 342 g/mol. The summed E-state index contributed by atoms with van der Waals surface area (Å²) < 4.78 is 7.13. The van der Waals surface area contributed by atoms with Crippen LogP contribution in [0.1, 0.15) is 21.7 Å². The smallest absolute Gasteiger partial charge is 0.273 e. The van der Waals surface area contributed by atoms with Crippen molar-refractivity contribution in [3.05, 3.63) is 90.1 Å². The second-order valence-corrected chi connectivity index (χ2v) is 5.98. The van der Waals surface area contributed by atoms with Crippen LogP contribution in [0.15, 0.2) is 77.5 Å². The number of nitrogens with zero attached hydrogens (tertiary/aromatic N) is 4. The van der Waals surface area contributed by atoms with Crippen molar-refractivity contribution in [2.24, 2.45) is 0 Å². The van der Waals surface area contributed by atoms with Gasteiger partial charge in [-0.1, -0.05) is 53.7 Å². The maximum absolute atomic E-state index is 12.3. The Kier molecular flexibility index (Phi) is 4.74. The molecule has 0 unspecified atom stereocenters. The fourth-order valence-corrected chi connectivity index (χ4v) is 2.62. The first-order valence-corrected chi connectivity index (χ1v) is 8.50. The summed E-state index contributed by atoms with van der Waals surface area (Å²) in [5, 5.41) is 11.0. The van der Waals surface area contributed by atoms with Crippen molar-refractivity contribution >= 4 is 5.91 Å². The van der Waals surface area contributed by atoms with Crippen LogP contribution in [-0.2, 0) is 13.1 Å². The molecule has 134 valence electrons. The molecule has 0 aliphatic carbocycles. The Labute approximate surface area is 155 Å².